The molecular weight excluding hydrogens is 385 g/mol. The van der Waals surface area contributed by atoms with Crippen LogP contribution in [-0.2, 0) is 18.2 Å². The Morgan fingerprint density at radius 3 is 2.00 bits per heavy atom. The van der Waals surface area contributed by atoms with Crippen LogP contribution in [0.25, 0.3) is 0 Å². The summed E-state index contributed by atoms with van der Waals surface area (Å²) in [5, 5.41) is -0.913. The van der Waals surface area contributed by atoms with E-state index in [0.29, 0.717) is 0 Å². The molecule has 2 atom stereocenters. The molecule has 2 unspecified atom stereocenters. The summed E-state index contributed by atoms with van der Waals surface area (Å²) >= 11 is 33.6. The Morgan fingerprint density at radius 2 is 1.58 bits per heavy atom. The second-order valence-corrected chi connectivity index (χ2v) is 5.54. The smallest absolute Gasteiger partial charge is 0.337 e. The number of hydrogen-bond donors (Lipinski definition) is 0. The highest BCUT2D eigenvalue weighted by Crippen LogP contribution is 2.53. The minimum atomic E-state index is -1.80. The molecule has 0 aromatic carbocycles. The molecule has 1 aliphatic carbocycles. The van der Waals surface area contributed by atoms with Crippen LogP contribution >= 0.6 is 70.1 Å². The molecule has 0 saturated heterocycles. The monoisotopic (exact) mass is 386 g/mol. The molecule has 1 aliphatic rings. The Bertz CT molecular complexity index is 499. The van der Waals surface area contributed by atoms with E-state index in [0.717, 1.165) is 0 Å². The minimum Gasteiger partial charge on any atom is -0.347 e. The van der Waals surface area contributed by atoms with Crippen LogP contribution in [0, 0.1) is 11.3 Å². The minimum absolute atomic E-state index is 0.194. The lowest BCUT2D eigenvalue weighted by Gasteiger charge is -2.35. The average Bonchev–Trinajstić information content (AvgIpc) is 2.41. The van der Waals surface area contributed by atoms with Crippen LogP contribution in [0.4, 0.5) is 0 Å². The fraction of sp³-hybridized carbons (Fsp3) is 0.333. The number of carbonyl (C=O) groups excluding carboxylic acids is 2. The summed E-state index contributed by atoms with van der Waals surface area (Å²) in [7, 11) is 0. The molecule has 19 heavy (non-hydrogen) atoms. The lowest BCUT2D eigenvalue weighted by Crippen LogP contribution is -2.43. The molecule has 0 aromatic rings. The molecule has 0 amide bonds. The van der Waals surface area contributed by atoms with Crippen molar-refractivity contribution in [1.82, 2.24) is 0 Å². The number of rotatable bonds is 2. The predicted molar refractivity (Wildman–Crippen MR) is 73.0 cm³/mol. The molecule has 10 heteroatoms. The summed E-state index contributed by atoms with van der Waals surface area (Å²) < 4.78 is 8.16. The molecule has 0 saturated carbocycles. The van der Waals surface area contributed by atoms with Crippen molar-refractivity contribution in [3.63, 3.8) is 0 Å². The summed E-state index contributed by atoms with van der Waals surface area (Å²) in [5.41, 5.74) is -1.80. The normalized spacial score (nSPS) is 27.4. The highest BCUT2D eigenvalue weighted by molar-refractivity contribution is 6.52. The van der Waals surface area contributed by atoms with Gasteiger partial charge in [-0.05, 0) is 6.92 Å². The van der Waals surface area contributed by atoms with Crippen molar-refractivity contribution < 1.29 is 18.2 Å². The summed E-state index contributed by atoms with van der Waals surface area (Å²) in [6, 6.07) is 0. The van der Waals surface area contributed by atoms with E-state index in [4.69, 9.17) is 70.1 Å². The molecule has 0 aromatic heterocycles. The highest BCUT2D eigenvalue weighted by Gasteiger charge is 2.56. The standard InChI is InChI=1S/C9H4Cl6O4/c1-9(8(17)19-15)2(7(16)18-14)3(10)4(11)5(12)6(9)13/h2H,1H3. The van der Waals surface area contributed by atoms with Gasteiger partial charge in [-0.1, -0.05) is 46.4 Å². The fourth-order valence-electron chi connectivity index (χ4n) is 1.61. The first kappa shape index (κ1) is 17.2. The molecule has 4 nitrogen and oxygen atoms in total. The summed E-state index contributed by atoms with van der Waals surface area (Å²) in [5.74, 6) is -3.55. The Hall–Kier alpha value is 0.160. The van der Waals surface area contributed by atoms with Crippen molar-refractivity contribution in [2.24, 2.45) is 11.3 Å². The van der Waals surface area contributed by atoms with E-state index >= 15 is 0 Å². The summed E-state index contributed by atoms with van der Waals surface area (Å²) in [6.07, 6.45) is 0. The molecular formula is C9H4Cl6O4. The Labute approximate surface area is 138 Å². The van der Waals surface area contributed by atoms with Gasteiger partial charge in [0.1, 0.15) is 35.1 Å². The van der Waals surface area contributed by atoms with Crippen LogP contribution in [0.2, 0.25) is 0 Å². The third-order valence-electron chi connectivity index (χ3n) is 2.69. The maximum absolute atomic E-state index is 11.8. The summed E-state index contributed by atoms with van der Waals surface area (Å²) in [4.78, 5) is 23.5. The maximum atomic E-state index is 11.8. The Kier molecular flexibility index (Phi) is 5.70. The number of halogens is 6. The van der Waals surface area contributed by atoms with Gasteiger partial charge in [0.25, 0.3) is 0 Å². The molecule has 0 aliphatic heterocycles. The number of hydrogen-bond acceptors (Lipinski definition) is 4. The van der Waals surface area contributed by atoms with E-state index in [1.165, 1.54) is 6.92 Å². The van der Waals surface area contributed by atoms with Crippen LogP contribution < -0.4 is 0 Å². The van der Waals surface area contributed by atoms with E-state index < -0.39 is 23.3 Å². The van der Waals surface area contributed by atoms with Gasteiger partial charge in [0.15, 0.2) is 0 Å². The highest BCUT2D eigenvalue weighted by atomic mass is 35.5. The van der Waals surface area contributed by atoms with Crippen molar-refractivity contribution in [2.75, 3.05) is 0 Å². The van der Waals surface area contributed by atoms with E-state index in [9.17, 15) is 9.59 Å². The van der Waals surface area contributed by atoms with E-state index in [2.05, 4.69) is 8.58 Å². The van der Waals surface area contributed by atoms with E-state index in [1.54, 1.807) is 0 Å². The maximum Gasteiger partial charge on any atom is 0.337 e. The third-order valence-corrected chi connectivity index (χ3v) is 5.03. The van der Waals surface area contributed by atoms with Crippen molar-refractivity contribution in [3.05, 3.63) is 20.1 Å². The molecule has 106 valence electrons. The van der Waals surface area contributed by atoms with Gasteiger partial charge in [-0.15, -0.1) is 0 Å². The van der Waals surface area contributed by atoms with Gasteiger partial charge in [0.2, 0.25) is 0 Å². The lowest BCUT2D eigenvalue weighted by molar-refractivity contribution is -0.152. The van der Waals surface area contributed by atoms with Crippen LogP contribution in [-0.4, -0.2) is 11.9 Å². The topological polar surface area (TPSA) is 52.6 Å². The second-order valence-electron chi connectivity index (χ2n) is 3.69. The number of allylic oxidation sites excluding steroid dienone is 2. The molecule has 0 N–H and O–H groups in total. The summed E-state index contributed by atoms with van der Waals surface area (Å²) in [6.45, 7) is 1.24. The second kappa shape index (κ2) is 6.29. The average molecular weight is 389 g/mol. The van der Waals surface area contributed by atoms with Crippen LogP contribution in [0.1, 0.15) is 6.92 Å². The largest absolute Gasteiger partial charge is 0.347 e. The van der Waals surface area contributed by atoms with Gasteiger partial charge < -0.3 is 8.58 Å². The zero-order chi connectivity index (χ0) is 15.0. The van der Waals surface area contributed by atoms with Crippen molar-refractivity contribution in [1.29, 1.82) is 0 Å². The molecule has 0 bridgehead atoms. The van der Waals surface area contributed by atoms with Crippen molar-refractivity contribution in [2.45, 2.75) is 6.92 Å². The van der Waals surface area contributed by atoms with Crippen molar-refractivity contribution in [3.8, 4) is 0 Å². The predicted octanol–water partition coefficient (Wildman–Crippen LogP) is 4.39. The van der Waals surface area contributed by atoms with Crippen LogP contribution in [0.5, 0.6) is 0 Å². The van der Waals surface area contributed by atoms with Gasteiger partial charge in [-0.3, -0.25) is 0 Å². The molecule has 0 radical (unpaired) electrons. The van der Waals surface area contributed by atoms with Crippen LogP contribution in [0.15, 0.2) is 20.1 Å². The SMILES string of the molecule is CC1(C(=O)OCl)C(Cl)=C(Cl)C(Cl)=C(Cl)C1C(=O)OCl. The van der Waals surface area contributed by atoms with E-state index in [-0.39, 0.29) is 20.1 Å². The van der Waals surface area contributed by atoms with Gasteiger partial charge in [-0.2, -0.15) is 0 Å². The van der Waals surface area contributed by atoms with Crippen LogP contribution in [0.3, 0.4) is 0 Å². The van der Waals surface area contributed by atoms with Gasteiger partial charge in [-0.25, -0.2) is 9.59 Å². The lowest BCUT2D eigenvalue weighted by atomic mass is 9.73. The van der Waals surface area contributed by atoms with Gasteiger partial charge in [0, 0.05) is 0 Å². The zero-order valence-electron chi connectivity index (χ0n) is 8.98. The first-order valence-corrected chi connectivity index (χ1v) is 6.63. The zero-order valence-corrected chi connectivity index (χ0v) is 13.5. The van der Waals surface area contributed by atoms with Gasteiger partial charge in [0.05, 0.1) is 20.1 Å². The molecule has 0 spiro atoms. The fourth-order valence-corrected chi connectivity index (χ4v) is 3.14. The molecule has 0 heterocycles. The first-order valence-electron chi connectivity index (χ1n) is 4.50. The molecule has 0 fully saturated rings. The quantitative estimate of drug-likeness (QED) is 0.703. The Morgan fingerprint density at radius 1 is 1.05 bits per heavy atom. The van der Waals surface area contributed by atoms with E-state index in [1.807, 2.05) is 0 Å². The number of carbonyl (C=O) groups is 2. The molecule has 1 rings (SSSR count). The van der Waals surface area contributed by atoms with Crippen molar-refractivity contribution >= 4 is 82.1 Å². The Balaban J connectivity index is 3.57. The third kappa shape index (κ3) is 2.67. The first-order chi connectivity index (χ1) is 8.73. The van der Waals surface area contributed by atoms with Gasteiger partial charge >= 0.3 is 11.9 Å².